The van der Waals surface area contributed by atoms with E-state index in [1.165, 1.54) is 0 Å². The van der Waals surface area contributed by atoms with Crippen molar-refractivity contribution in [3.8, 4) is 0 Å². The van der Waals surface area contributed by atoms with Crippen LogP contribution in [-0.2, 0) is 14.4 Å². The first-order valence-electron chi connectivity index (χ1n) is 13.4. The molecule has 0 aromatic heterocycles. The first-order chi connectivity index (χ1) is 16.6. The molecule has 0 aromatic rings. The maximum absolute atomic E-state index is 13.3. The lowest BCUT2D eigenvalue weighted by atomic mass is 9.46. The number of hydrogen-bond acceptors (Lipinski definition) is 8. The number of oxime groups is 1. The molecule has 0 spiro atoms. The smallest absolute Gasteiger partial charge is 0.159 e. The van der Waals surface area contributed by atoms with Crippen LogP contribution in [0.3, 0.4) is 0 Å². The number of hydrogen-bond donors (Lipinski definition) is 3. The van der Waals surface area contributed by atoms with E-state index in [1.807, 2.05) is 6.92 Å². The summed E-state index contributed by atoms with van der Waals surface area (Å²) >= 11 is 0. The molecule has 0 aromatic carbocycles. The van der Waals surface area contributed by atoms with Gasteiger partial charge in [-0.1, -0.05) is 19.0 Å². The van der Waals surface area contributed by atoms with Crippen LogP contribution in [0.5, 0.6) is 0 Å². The first-order valence-corrected chi connectivity index (χ1v) is 13.4. The van der Waals surface area contributed by atoms with Crippen molar-refractivity contribution < 1.29 is 29.7 Å². The average molecular weight is 491 g/mol. The van der Waals surface area contributed by atoms with Crippen LogP contribution in [0.15, 0.2) is 16.8 Å². The molecule has 1 heterocycles. The van der Waals surface area contributed by atoms with Gasteiger partial charge in [0.25, 0.3) is 0 Å². The van der Waals surface area contributed by atoms with Crippen molar-refractivity contribution in [2.45, 2.75) is 77.1 Å². The Morgan fingerprint density at radius 3 is 2.66 bits per heavy atom. The summed E-state index contributed by atoms with van der Waals surface area (Å²) < 4.78 is 5.39. The zero-order valence-corrected chi connectivity index (χ0v) is 21.4. The van der Waals surface area contributed by atoms with Crippen LogP contribution >= 0.6 is 0 Å². The summed E-state index contributed by atoms with van der Waals surface area (Å²) in [7, 11) is 0. The van der Waals surface area contributed by atoms with Crippen molar-refractivity contribution in [1.29, 1.82) is 0 Å². The summed E-state index contributed by atoms with van der Waals surface area (Å²) in [4.78, 5) is 21.3. The van der Waals surface area contributed by atoms with Crippen LogP contribution < -0.4 is 0 Å². The number of ketones is 1. The molecule has 5 aliphatic rings. The fourth-order valence-corrected chi connectivity index (χ4v) is 8.25. The molecule has 1 aliphatic heterocycles. The number of carbonyl (C=O) groups excluding carboxylic acids is 1. The van der Waals surface area contributed by atoms with Gasteiger partial charge in [-0.2, -0.15) is 0 Å². The van der Waals surface area contributed by atoms with Crippen molar-refractivity contribution >= 4 is 11.5 Å². The molecule has 1 saturated heterocycles. The standard InChI is InChI=1S/C27H42N2O6/c1-17(28-35-13-10-29-8-11-34-12-9-29)18-5-7-27(33)20-14-22(30)21-15-23(31)24(32)16-25(21,2)19(20)4-6-26(18,27)3/h14,18-19,21,23-24,31-33H,4-13,15-16H2,1-3H3/b28-17-/t18-,19?,21+,23-,24+,25-,26-,27-/m1/s1. The topological polar surface area (TPSA) is 112 Å². The lowest BCUT2D eigenvalue weighted by molar-refractivity contribution is -0.151. The lowest BCUT2D eigenvalue weighted by Gasteiger charge is -2.59. The quantitative estimate of drug-likeness (QED) is 0.307. The number of allylic oxidation sites excluding steroid dienone is 1. The molecular formula is C27H42N2O6. The first kappa shape index (κ1) is 25.3. The molecule has 4 aliphatic carbocycles. The van der Waals surface area contributed by atoms with Crippen molar-refractivity contribution in [3.63, 3.8) is 0 Å². The Labute approximate surface area is 208 Å². The minimum atomic E-state index is -1.07. The monoisotopic (exact) mass is 490 g/mol. The zero-order chi connectivity index (χ0) is 25.0. The molecule has 196 valence electrons. The van der Waals surface area contributed by atoms with E-state index in [0.29, 0.717) is 25.9 Å². The van der Waals surface area contributed by atoms with Gasteiger partial charge in [-0.15, -0.1) is 0 Å². The number of fused-ring (bicyclic) bond motifs is 5. The highest BCUT2D eigenvalue weighted by molar-refractivity contribution is 5.95. The number of aliphatic hydroxyl groups excluding tert-OH is 2. The van der Waals surface area contributed by atoms with Crippen molar-refractivity contribution in [1.82, 2.24) is 4.90 Å². The maximum atomic E-state index is 13.3. The molecule has 8 atom stereocenters. The third kappa shape index (κ3) is 4.00. The second kappa shape index (κ2) is 9.21. The number of carbonyl (C=O) groups is 1. The van der Waals surface area contributed by atoms with Crippen LogP contribution in [0, 0.1) is 28.6 Å². The predicted molar refractivity (Wildman–Crippen MR) is 131 cm³/mol. The highest BCUT2D eigenvalue weighted by atomic mass is 16.6. The number of aliphatic hydroxyl groups is 3. The van der Waals surface area contributed by atoms with Crippen molar-refractivity contribution in [2.75, 3.05) is 39.5 Å². The van der Waals surface area contributed by atoms with Gasteiger partial charge in [-0.05, 0) is 68.4 Å². The summed E-state index contributed by atoms with van der Waals surface area (Å²) in [5.41, 5.74) is -0.183. The maximum Gasteiger partial charge on any atom is 0.159 e. The number of rotatable bonds is 5. The third-order valence-electron chi connectivity index (χ3n) is 10.4. The van der Waals surface area contributed by atoms with Gasteiger partial charge < -0.3 is 24.9 Å². The van der Waals surface area contributed by atoms with Gasteiger partial charge in [0.15, 0.2) is 5.78 Å². The summed E-state index contributed by atoms with van der Waals surface area (Å²) in [6.45, 7) is 10.9. The van der Waals surface area contributed by atoms with Crippen LogP contribution in [0.2, 0.25) is 0 Å². The Hall–Kier alpha value is -1.32. The molecule has 3 saturated carbocycles. The summed E-state index contributed by atoms with van der Waals surface area (Å²) in [5, 5.41) is 37.4. The second-order valence-corrected chi connectivity index (χ2v) is 12.1. The SMILES string of the molecule is C/C(=N/OCCN1CCOCC1)[C@H]1CC[C@@]2(O)C3=CC(=O)[C@@H]4C[C@@H](O)[C@@H](O)C[C@]4(C)C3CC[C@]12C. The Balaban J connectivity index is 1.33. The molecule has 5 rings (SSSR count). The normalized spacial score (nSPS) is 46.5. The summed E-state index contributed by atoms with van der Waals surface area (Å²) in [6.07, 6.45) is 3.77. The molecule has 0 amide bonds. The van der Waals surface area contributed by atoms with E-state index >= 15 is 0 Å². The molecular weight excluding hydrogens is 448 g/mol. The van der Waals surface area contributed by atoms with E-state index < -0.39 is 28.6 Å². The van der Waals surface area contributed by atoms with Crippen LogP contribution in [-0.4, -0.2) is 89.0 Å². The summed E-state index contributed by atoms with van der Waals surface area (Å²) in [6, 6.07) is 0. The van der Waals surface area contributed by atoms with Gasteiger partial charge in [-0.3, -0.25) is 9.69 Å². The molecule has 35 heavy (non-hydrogen) atoms. The summed E-state index contributed by atoms with van der Waals surface area (Å²) in [5.74, 6) is -0.200. The Bertz CT molecular complexity index is 900. The van der Waals surface area contributed by atoms with Gasteiger partial charge in [0.05, 0.1) is 36.7 Å². The van der Waals surface area contributed by atoms with E-state index in [9.17, 15) is 20.1 Å². The lowest BCUT2D eigenvalue weighted by Crippen LogP contribution is -2.60. The molecule has 8 heteroatoms. The minimum absolute atomic E-state index is 0.0114. The highest BCUT2D eigenvalue weighted by Crippen LogP contribution is 2.67. The largest absolute Gasteiger partial charge is 0.394 e. The van der Waals surface area contributed by atoms with Crippen molar-refractivity contribution in [2.24, 2.45) is 33.7 Å². The third-order valence-corrected chi connectivity index (χ3v) is 10.4. The van der Waals surface area contributed by atoms with E-state index in [0.717, 1.165) is 63.4 Å². The highest BCUT2D eigenvalue weighted by Gasteiger charge is 2.66. The number of nitrogens with zero attached hydrogens (tertiary/aromatic N) is 2. The van der Waals surface area contributed by atoms with Crippen LogP contribution in [0.4, 0.5) is 0 Å². The predicted octanol–water partition coefficient (Wildman–Crippen LogP) is 1.92. The van der Waals surface area contributed by atoms with Gasteiger partial charge >= 0.3 is 0 Å². The molecule has 1 unspecified atom stereocenters. The fraction of sp³-hybridized carbons (Fsp3) is 0.852. The Morgan fingerprint density at radius 1 is 1.17 bits per heavy atom. The zero-order valence-electron chi connectivity index (χ0n) is 21.4. The van der Waals surface area contributed by atoms with Crippen LogP contribution in [0.1, 0.15) is 59.3 Å². The van der Waals surface area contributed by atoms with Gasteiger partial charge in [-0.25, -0.2) is 0 Å². The Kier molecular flexibility index (Phi) is 6.67. The van der Waals surface area contributed by atoms with Gasteiger partial charge in [0.1, 0.15) is 6.61 Å². The minimum Gasteiger partial charge on any atom is -0.394 e. The average Bonchev–Trinajstić information content (AvgIpc) is 3.11. The van der Waals surface area contributed by atoms with E-state index in [2.05, 4.69) is 23.9 Å². The fourth-order valence-electron chi connectivity index (χ4n) is 8.25. The number of morpholine rings is 1. The molecule has 0 radical (unpaired) electrons. The van der Waals surface area contributed by atoms with E-state index in [1.54, 1.807) is 6.08 Å². The van der Waals surface area contributed by atoms with E-state index in [4.69, 9.17) is 9.57 Å². The van der Waals surface area contributed by atoms with Crippen molar-refractivity contribution in [3.05, 3.63) is 11.6 Å². The van der Waals surface area contributed by atoms with Gasteiger partial charge in [0.2, 0.25) is 0 Å². The van der Waals surface area contributed by atoms with Gasteiger partial charge in [0, 0.05) is 36.9 Å². The molecule has 0 bridgehead atoms. The molecule has 8 nitrogen and oxygen atoms in total. The van der Waals surface area contributed by atoms with Crippen LogP contribution in [0.25, 0.3) is 0 Å². The number of ether oxygens (including phenoxy) is 1. The van der Waals surface area contributed by atoms with E-state index in [-0.39, 0.29) is 23.5 Å². The Morgan fingerprint density at radius 2 is 1.91 bits per heavy atom. The second-order valence-electron chi connectivity index (χ2n) is 12.1. The molecule has 3 N–H and O–H groups in total. The molecule has 4 fully saturated rings.